The van der Waals surface area contributed by atoms with Crippen molar-refractivity contribution < 1.29 is 30.9 Å². The number of hydrogen-bond donors (Lipinski definition) is 1. The number of hydrogen-bond acceptors (Lipinski definition) is 7. The lowest BCUT2D eigenvalue weighted by Crippen LogP contribution is -2.41. The van der Waals surface area contributed by atoms with Gasteiger partial charge in [-0.25, -0.2) is 8.42 Å². The van der Waals surface area contributed by atoms with Crippen molar-refractivity contribution in [3.8, 4) is 22.8 Å². The van der Waals surface area contributed by atoms with Gasteiger partial charge in [-0.05, 0) is 79.1 Å². The van der Waals surface area contributed by atoms with Crippen molar-refractivity contribution >= 4 is 27.3 Å². The number of anilines is 2. The highest BCUT2D eigenvalue weighted by Crippen LogP contribution is 2.35. The van der Waals surface area contributed by atoms with Gasteiger partial charge in [0.25, 0.3) is 15.9 Å². The predicted octanol–water partition coefficient (Wildman–Crippen LogP) is 6.52. The Kier molecular flexibility index (Phi) is 8.74. The van der Waals surface area contributed by atoms with Gasteiger partial charge >= 0.3 is 6.18 Å². The molecule has 47 heavy (non-hydrogen) atoms. The molecule has 13 heteroatoms. The molecule has 0 bridgehead atoms. The Morgan fingerprint density at radius 2 is 1.68 bits per heavy atom. The molecule has 2 N–H and O–H groups in total. The van der Waals surface area contributed by atoms with Gasteiger partial charge in [0, 0.05) is 29.9 Å². The number of sulfonamides is 1. The van der Waals surface area contributed by atoms with Crippen molar-refractivity contribution in [3.05, 3.63) is 114 Å². The number of nitrogens with two attached hydrogens (primary N) is 1. The molecule has 6 rings (SSSR count). The number of alkyl halides is 3. The maximum absolute atomic E-state index is 14.1. The molecule has 1 aromatic heterocycles. The van der Waals surface area contributed by atoms with Crippen LogP contribution in [0.4, 0.5) is 24.5 Å². The molecule has 5 aromatic rings. The molecule has 0 saturated carbocycles. The number of rotatable bonds is 9. The van der Waals surface area contributed by atoms with Crippen LogP contribution in [0.5, 0.6) is 0 Å². The van der Waals surface area contributed by atoms with Crippen LogP contribution in [0, 0.1) is 5.92 Å². The maximum Gasteiger partial charge on any atom is 0.416 e. The minimum atomic E-state index is -4.66. The zero-order chi connectivity index (χ0) is 33.2. The quantitative estimate of drug-likeness (QED) is 0.191. The van der Waals surface area contributed by atoms with Crippen LogP contribution in [0.25, 0.3) is 22.8 Å². The highest BCUT2D eigenvalue weighted by atomic mass is 32.2. The monoisotopic (exact) mass is 661 g/mol. The standard InChI is InChI=1S/C34H30F3N5O4S/c35-34(36,37)27-11-5-12-29(20-27)42(21-23-7-2-1-3-8-23)47(44,45)30-13-4-9-25(19-30)33-39-32(40-46-33)24-14-16-28(17-15-24)41-18-6-10-26(22-41)31(38)43/h1-5,7-9,11-17,19-20,26H,6,10,18,21-22H2,(H2,38,43). The molecule has 1 saturated heterocycles. The fourth-order valence-corrected chi connectivity index (χ4v) is 7.03. The summed E-state index contributed by atoms with van der Waals surface area (Å²) in [6, 6.07) is 26.1. The number of benzene rings is 4. The van der Waals surface area contributed by atoms with E-state index >= 15 is 0 Å². The first-order valence-electron chi connectivity index (χ1n) is 14.8. The van der Waals surface area contributed by atoms with Crippen LogP contribution < -0.4 is 14.9 Å². The third-order valence-electron chi connectivity index (χ3n) is 8.04. The highest BCUT2D eigenvalue weighted by molar-refractivity contribution is 7.92. The number of primary amides is 1. The number of carbonyl (C=O) groups excluding carboxylic acids is 1. The van der Waals surface area contributed by atoms with E-state index in [1.54, 1.807) is 36.4 Å². The first-order valence-corrected chi connectivity index (χ1v) is 16.3. The van der Waals surface area contributed by atoms with Crippen molar-refractivity contribution in [1.29, 1.82) is 0 Å². The first-order chi connectivity index (χ1) is 22.5. The number of halogens is 3. The van der Waals surface area contributed by atoms with Crippen LogP contribution >= 0.6 is 0 Å². The van der Waals surface area contributed by atoms with Gasteiger partial charge in [-0.1, -0.05) is 47.6 Å². The maximum atomic E-state index is 14.1. The molecule has 1 aliphatic heterocycles. The molecule has 0 radical (unpaired) electrons. The summed E-state index contributed by atoms with van der Waals surface area (Å²) in [5.74, 6) is -0.154. The van der Waals surface area contributed by atoms with Gasteiger partial charge in [0.1, 0.15) is 0 Å². The minimum Gasteiger partial charge on any atom is -0.371 e. The molecule has 4 aromatic carbocycles. The molecule has 242 valence electrons. The Hall–Kier alpha value is -5.17. The molecule has 1 aliphatic rings. The van der Waals surface area contributed by atoms with E-state index in [2.05, 4.69) is 15.0 Å². The van der Waals surface area contributed by atoms with Crippen molar-refractivity contribution in [3.63, 3.8) is 0 Å². The van der Waals surface area contributed by atoms with Gasteiger partial charge in [-0.2, -0.15) is 18.2 Å². The van der Waals surface area contributed by atoms with Crippen LogP contribution in [0.2, 0.25) is 0 Å². The molecule has 1 amide bonds. The average molecular weight is 662 g/mol. The molecule has 1 unspecified atom stereocenters. The number of carbonyl (C=O) groups is 1. The van der Waals surface area contributed by atoms with E-state index in [4.69, 9.17) is 10.3 Å². The van der Waals surface area contributed by atoms with Crippen LogP contribution in [-0.4, -0.2) is 37.6 Å². The Morgan fingerprint density at radius 1 is 0.936 bits per heavy atom. The summed E-state index contributed by atoms with van der Waals surface area (Å²) in [6.07, 6.45) is -3.02. The second-order valence-electron chi connectivity index (χ2n) is 11.2. The second-order valence-corrected chi connectivity index (χ2v) is 13.1. The molecular formula is C34H30F3N5O4S. The second kappa shape index (κ2) is 12.9. The molecule has 1 fully saturated rings. The van der Waals surface area contributed by atoms with Crippen molar-refractivity contribution in [2.45, 2.75) is 30.5 Å². The van der Waals surface area contributed by atoms with Crippen LogP contribution in [-0.2, 0) is 27.5 Å². The number of piperidine rings is 1. The lowest BCUT2D eigenvalue weighted by atomic mass is 9.97. The van der Waals surface area contributed by atoms with Crippen molar-refractivity contribution in [1.82, 2.24) is 10.1 Å². The number of amides is 1. The van der Waals surface area contributed by atoms with E-state index in [0.717, 1.165) is 41.5 Å². The lowest BCUT2D eigenvalue weighted by Gasteiger charge is -2.33. The lowest BCUT2D eigenvalue weighted by molar-refractivity contribution is -0.137. The number of nitrogens with zero attached hydrogens (tertiary/aromatic N) is 4. The fraction of sp³-hybridized carbons (Fsp3) is 0.206. The molecule has 2 heterocycles. The Balaban J connectivity index is 1.28. The molecule has 0 spiro atoms. The highest BCUT2D eigenvalue weighted by Gasteiger charge is 2.33. The Bertz CT molecular complexity index is 1980. The fourth-order valence-electron chi connectivity index (χ4n) is 5.54. The summed E-state index contributed by atoms with van der Waals surface area (Å²) in [5, 5.41) is 4.08. The summed E-state index contributed by atoms with van der Waals surface area (Å²) < 4.78 is 75.3. The molecule has 1 atom stereocenters. The van der Waals surface area contributed by atoms with Gasteiger partial charge < -0.3 is 15.2 Å². The zero-order valence-electron chi connectivity index (χ0n) is 25.0. The van der Waals surface area contributed by atoms with E-state index in [1.807, 2.05) is 24.3 Å². The summed E-state index contributed by atoms with van der Waals surface area (Å²) in [4.78, 5) is 18.1. The zero-order valence-corrected chi connectivity index (χ0v) is 25.8. The minimum absolute atomic E-state index is 0.0649. The molecular weight excluding hydrogens is 631 g/mol. The molecule has 0 aliphatic carbocycles. The topological polar surface area (TPSA) is 123 Å². The van der Waals surface area contributed by atoms with Crippen LogP contribution in [0.1, 0.15) is 24.0 Å². The van der Waals surface area contributed by atoms with Crippen LogP contribution in [0.3, 0.4) is 0 Å². The van der Waals surface area contributed by atoms with Gasteiger partial charge in [0.2, 0.25) is 11.7 Å². The summed E-state index contributed by atoms with van der Waals surface area (Å²) in [6.45, 7) is 1.16. The first kappa shape index (κ1) is 31.8. The average Bonchev–Trinajstić information content (AvgIpc) is 3.58. The predicted molar refractivity (Wildman–Crippen MR) is 171 cm³/mol. The van der Waals surface area contributed by atoms with Gasteiger partial charge in [-0.15, -0.1) is 0 Å². The van der Waals surface area contributed by atoms with E-state index in [0.29, 0.717) is 23.2 Å². The van der Waals surface area contributed by atoms with Gasteiger partial charge in [0.05, 0.1) is 28.6 Å². The summed E-state index contributed by atoms with van der Waals surface area (Å²) in [7, 11) is -4.37. The van der Waals surface area contributed by atoms with Crippen molar-refractivity contribution in [2.75, 3.05) is 22.3 Å². The molecule has 9 nitrogen and oxygen atoms in total. The smallest absolute Gasteiger partial charge is 0.371 e. The number of aromatic nitrogens is 2. The third kappa shape index (κ3) is 6.99. The largest absolute Gasteiger partial charge is 0.416 e. The van der Waals surface area contributed by atoms with E-state index < -0.39 is 21.8 Å². The van der Waals surface area contributed by atoms with Gasteiger partial charge in [0.15, 0.2) is 0 Å². The van der Waals surface area contributed by atoms with Crippen LogP contribution in [0.15, 0.2) is 113 Å². The summed E-state index contributed by atoms with van der Waals surface area (Å²) >= 11 is 0. The Morgan fingerprint density at radius 3 is 2.40 bits per heavy atom. The normalized spacial score (nSPS) is 15.4. The summed E-state index contributed by atoms with van der Waals surface area (Å²) in [5.41, 5.74) is 6.92. The van der Waals surface area contributed by atoms with E-state index in [9.17, 15) is 26.4 Å². The van der Waals surface area contributed by atoms with Gasteiger partial charge in [-0.3, -0.25) is 9.10 Å². The Labute approximate surface area is 269 Å². The van der Waals surface area contributed by atoms with Crippen molar-refractivity contribution in [2.24, 2.45) is 11.7 Å². The van der Waals surface area contributed by atoms with E-state index in [1.165, 1.54) is 30.3 Å². The third-order valence-corrected chi connectivity index (χ3v) is 9.81. The van der Waals surface area contributed by atoms with E-state index in [-0.39, 0.29) is 40.7 Å². The SMILES string of the molecule is NC(=O)C1CCCN(c2ccc(-c3noc(-c4cccc(S(=O)(=O)N(Cc5ccccc5)c5cccc(C(F)(F)F)c5)c4)n3)cc2)C1.